The number of hydrogen-bond acceptors (Lipinski definition) is 6. The monoisotopic (exact) mass is 407 g/mol. The minimum atomic E-state index is 0.596. The van der Waals surface area contributed by atoms with E-state index in [1.54, 1.807) is 11.0 Å². The molecular weight excluding hydrogens is 386 g/mol. The summed E-state index contributed by atoms with van der Waals surface area (Å²) in [6.07, 6.45) is 3.47. The fourth-order valence-corrected chi connectivity index (χ4v) is 4.17. The smallest absolute Gasteiger partial charge is 0.163 e. The minimum absolute atomic E-state index is 0.596. The van der Waals surface area contributed by atoms with Crippen molar-refractivity contribution in [1.29, 1.82) is 0 Å². The predicted molar refractivity (Wildman–Crippen MR) is 115 cm³/mol. The quantitative estimate of drug-likeness (QED) is 0.486. The lowest BCUT2D eigenvalue weighted by Crippen LogP contribution is -2.46. The van der Waals surface area contributed by atoms with Gasteiger partial charge in [-0.25, -0.2) is 15.0 Å². The highest BCUT2D eigenvalue weighted by Gasteiger charge is 2.22. The van der Waals surface area contributed by atoms with Gasteiger partial charge in [0.25, 0.3) is 0 Å². The largest absolute Gasteiger partial charge is 0.353 e. The van der Waals surface area contributed by atoms with Crippen LogP contribution in [-0.4, -0.2) is 55.8 Å². The maximum atomic E-state index is 6.49. The van der Waals surface area contributed by atoms with E-state index >= 15 is 0 Å². The number of halogens is 1. The van der Waals surface area contributed by atoms with Crippen molar-refractivity contribution in [3.05, 3.63) is 53.1 Å². The molecule has 0 spiro atoms. The third-order valence-electron chi connectivity index (χ3n) is 5.57. The van der Waals surface area contributed by atoms with Crippen molar-refractivity contribution < 1.29 is 0 Å². The molecule has 1 aliphatic heterocycles. The first kappa shape index (κ1) is 18.3. The number of aryl methyl sites for hydroxylation is 2. The summed E-state index contributed by atoms with van der Waals surface area (Å²) in [6.45, 7) is 6.55. The topological polar surface area (TPSA) is 63.0 Å². The molecule has 4 aromatic rings. The lowest BCUT2D eigenvalue weighted by Gasteiger charge is -2.35. The highest BCUT2D eigenvalue weighted by molar-refractivity contribution is 6.30. The zero-order valence-electron chi connectivity index (χ0n) is 16.5. The summed E-state index contributed by atoms with van der Waals surface area (Å²) in [4.78, 5) is 18.2. The van der Waals surface area contributed by atoms with E-state index in [2.05, 4.69) is 61.0 Å². The molecule has 0 atom stereocenters. The van der Waals surface area contributed by atoms with Crippen LogP contribution in [0.3, 0.4) is 0 Å². The number of rotatable bonds is 3. The highest BCUT2D eigenvalue weighted by Crippen LogP contribution is 2.25. The molecule has 0 bridgehead atoms. The van der Waals surface area contributed by atoms with Crippen LogP contribution in [-0.2, 0) is 13.6 Å². The summed E-state index contributed by atoms with van der Waals surface area (Å²) in [5, 5.41) is 7.05. The van der Waals surface area contributed by atoms with E-state index in [9.17, 15) is 0 Å². The lowest BCUT2D eigenvalue weighted by molar-refractivity contribution is 0.249. The predicted octanol–water partition coefficient (Wildman–Crippen LogP) is 3.20. The summed E-state index contributed by atoms with van der Waals surface area (Å²) in [7, 11) is 1.90. The van der Waals surface area contributed by atoms with Gasteiger partial charge >= 0.3 is 0 Å². The second kappa shape index (κ2) is 7.24. The molecule has 7 nitrogen and oxygen atoms in total. The number of piperazine rings is 1. The molecule has 1 aromatic carbocycles. The molecule has 0 radical (unpaired) electrons. The van der Waals surface area contributed by atoms with Crippen LogP contribution in [0.25, 0.3) is 21.9 Å². The van der Waals surface area contributed by atoms with Gasteiger partial charge in [-0.2, -0.15) is 5.10 Å². The average molecular weight is 408 g/mol. The summed E-state index contributed by atoms with van der Waals surface area (Å²) in [5.41, 5.74) is 4.08. The van der Waals surface area contributed by atoms with Crippen molar-refractivity contribution in [1.82, 2.24) is 29.6 Å². The Kier molecular flexibility index (Phi) is 4.56. The molecule has 29 heavy (non-hydrogen) atoms. The van der Waals surface area contributed by atoms with Gasteiger partial charge in [-0.15, -0.1) is 0 Å². The molecule has 1 fully saturated rings. The van der Waals surface area contributed by atoms with E-state index in [-0.39, 0.29) is 0 Å². The Bertz CT molecular complexity index is 1190. The number of hydrogen-bond donors (Lipinski definition) is 0. The Morgan fingerprint density at radius 1 is 1.07 bits per heavy atom. The third kappa shape index (κ3) is 3.41. The first-order valence-electron chi connectivity index (χ1n) is 9.74. The summed E-state index contributed by atoms with van der Waals surface area (Å²) < 4.78 is 1.78. The standard InChI is InChI=1S/C21H22ClN7/c1-14-3-4-15-10-16(19(22)26-18(15)9-14)12-28-5-7-29(8-6-28)21-17-11-25-27(2)20(17)23-13-24-21/h3-4,9-11,13H,5-8,12H2,1-2H3. The Labute approximate surface area is 173 Å². The number of nitrogens with zero attached hydrogens (tertiary/aromatic N) is 7. The number of aromatic nitrogens is 5. The molecule has 0 amide bonds. The fraction of sp³-hybridized carbons (Fsp3) is 0.333. The van der Waals surface area contributed by atoms with E-state index in [1.165, 1.54) is 5.56 Å². The van der Waals surface area contributed by atoms with Gasteiger partial charge in [0.2, 0.25) is 0 Å². The molecule has 0 N–H and O–H groups in total. The average Bonchev–Trinajstić information content (AvgIpc) is 3.10. The molecular formula is C21H22ClN7. The molecule has 148 valence electrons. The van der Waals surface area contributed by atoms with Crippen molar-refractivity contribution in [2.24, 2.45) is 7.05 Å². The molecule has 0 unspecified atom stereocenters. The van der Waals surface area contributed by atoms with E-state index in [4.69, 9.17) is 11.6 Å². The van der Waals surface area contributed by atoms with Crippen molar-refractivity contribution in [2.45, 2.75) is 13.5 Å². The van der Waals surface area contributed by atoms with Crippen molar-refractivity contribution in [3.8, 4) is 0 Å². The Balaban J connectivity index is 1.31. The van der Waals surface area contributed by atoms with E-state index in [0.29, 0.717) is 5.15 Å². The zero-order chi connectivity index (χ0) is 20.0. The van der Waals surface area contributed by atoms with Crippen molar-refractivity contribution in [2.75, 3.05) is 31.1 Å². The lowest BCUT2D eigenvalue weighted by atomic mass is 10.1. The molecule has 3 aromatic heterocycles. The van der Waals surface area contributed by atoms with Crippen molar-refractivity contribution in [3.63, 3.8) is 0 Å². The molecule has 1 saturated heterocycles. The van der Waals surface area contributed by atoms with Crippen LogP contribution in [0.2, 0.25) is 5.15 Å². The van der Waals surface area contributed by atoms with Crippen molar-refractivity contribution >= 4 is 39.4 Å². The molecule has 4 heterocycles. The van der Waals surface area contributed by atoms with Crippen LogP contribution in [0.5, 0.6) is 0 Å². The normalized spacial score (nSPS) is 15.5. The Morgan fingerprint density at radius 3 is 2.72 bits per heavy atom. The zero-order valence-corrected chi connectivity index (χ0v) is 17.3. The number of anilines is 1. The summed E-state index contributed by atoms with van der Waals surface area (Å²) >= 11 is 6.49. The third-order valence-corrected chi connectivity index (χ3v) is 5.90. The van der Waals surface area contributed by atoms with Gasteiger partial charge in [0.1, 0.15) is 17.3 Å². The molecule has 0 aliphatic carbocycles. The Hall–Kier alpha value is -2.77. The second-order valence-electron chi connectivity index (χ2n) is 7.60. The van der Waals surface area contributed by atoms with Gasteiger partial charge in [-0.05, 0) is 24.6 Å². The maximum absolute atomic E-state index is 6.49. The van der Waals surface area contributed by atoms with Gasteiger partial charge in [0.15, 0.2) is 5.65 Å². The molecule has 5 rings (SSSR count). The first-order chi connectivity index (χ1) is 14.1. The van der Waals surface area contributed by atoms with Gasteiger partial charge in [0.05, 0.1) is 17.1 Å². The van der Waals surface area contributed by atoms with E-state index < -0.39 is 0 Å². The SMILES string of the molecule is Cc1ccc2cc(CN3CCN(c4ncnc5c4cnn5C)CC3)c(Cl)nc2c1. The highest BCUT2D eigenvalue weighted by atomic mass is 35.5. The van der Waals surface area contributed by atoms with Crippen LogP contribution in [0.15, 0.2) is 36.8 Å². The maximum Gasteiger partial charge on any atom is 0.163 e. The first-order valence-corrected chi connectivity index (χ1v) is 10.1. The molecule has 8 heteroatoms. The van der Waals surface area contributed by atoms with Gasteiger partial charge in [0, 0.05) is 50.7 Å². The van der Waals surface area contributed by atoms with E-state index in [0.717, 1.165) is 66.0 Å². The summed E-state index contributed by atoms with van der Waals surface area (Å²) in [6, 6.07) is 8.47. The Morgan fingerprint density at radius 2 is 1.90 bits per heavy atom. The van der Waals surface area contributed by atoms with Gasteiger partial charge in [-0.3, -0.25) is 9.58 Å². The number of benzene rings is 1. The van der Waals surface area contributed by atoms with Crippen LogP contribution in [0, 0.1) is 6.92 Å². The minimum Gasteiger partial charge on any atom is -0.353 e. The molecule has 0 saturated carbocycles. The van der Waals surface area contributed by atoms with Crippen LogP contribution >= 0.6 is 11.6 Å². The summed E-state index contributed by atoms with van der Waals surface area (Å²) in [5.74, 6) is 0.962. The fourth-order valence-electron chi connectivity index (χ4n) is 3.97. The second-order valence-corrected chi connectivity index (χ2v) is 7.96. The molecule has 1 aliphatic rings. The van der Waals surface area contributed by atoms with Gasteiger partial charge < -0.3 is 4.90 Å². The van der Waals surface area contributed by atoms with E-state index in [1.807, 2.05) is 13.2 Å². The number of fused-ring (bicyclic) bond motifs is 2. The van der Waals surface area contributed by atoms with Crippen LogP contribution < -0.4 is 4.90 Å². The van der Waals surface area contributed by atoms with Crippen LogP contribution in [0.1, 0.15) is 11.1 Å². The number of pyridine rings is 1. The van der Waals surface area contributed by atoms with Crippen LogP contribution in [0.4, 0.5) is 5.82 Å². The van der Waals surface area contributed by atoms with Gasteiger partial charge in [-0.1, -0.05) is 23.7 Å².